The number of pyridine rings is 1. The van der Waals surface area contributed by atoms with Gasteiger partial charge in [0.25, 0.3) is 5.91 Å². The summed E-state index contributed by atoms with van der Waals surface area (Å²) in [4.78, 5) is 31.1. The Kier molecular flexibility index (Phi) is 5.24. The number of anilines is 2. The van der Waals surface area contributed by atoms with Gasteiger partial charge in [-0.25, -0.2) is 9.78 Å². The lowest BCUT2D eigenvalue weighted by atomic mass is 9.88. The van der Waals surface area contributed by atoms with Crippen LogP contribution in [-0.4, -0.2) is 24.0 Å². The summed E-state index contributed by atoms with van der Waals surface area (Å²) in [5.41, 5.74) is 11.3. The number of thiophene rings is 1. The van der Waals surface area contributed by atoms with E-state index in [1.54, 1.807) is 24.3 Å². The molecule has 0 bridgehead atoms. The average Bonchev–Trinajstić information content (AvgIpc) is 3.09. The number of methoxy groups -OCH3 is 1. The summed E-state index contributed by atoms with van der Waals surface area (Å²) in [7, 11) is 1.31. The molecule has 150 valence electrons. The highest BCUT2D eigenvalue weighted by atomic mass is 32.1. The number of rotatable bonds is 4. The number of ether oxygens (including phenoxy) is 1. The SMILES string of the molecule is CCc1nc2sc(C(=O)Nc3ccccc3C(=O)OC)c(N)c2c2c1CCCC2. The number of hydrogen-bond acceptors (Lipinski definition) is 6. The van der Waals surface area contributed by atoms with Crippen molar-refractivity contribution in [3.8, 4) is 0 Å². The predicted molar refractivity (Wildman–Crippen MR) is 116 cm³/mol. The molecule has 0 atom stereocenters. The molecule has 3 N–H and O–H groups in total. The number of nitrogens with zero attached hydrogens (tertiary/aromatic N) is 1. The molecule has 4 rings (SSSR count). The zero-order valence-corrected chi connectivity index (χ0v) is 17.3. The molecule has 7 heteroatoms. The molecule has 0 saturated carbocycles. The predicted octanol–water partition coefficient (Wildman–Crippen LogP) is 4.36. The number of fused-ring (bicyclic) bond motifs is 3. The van der Waals surface area contributed by atoms with Crippen molar-refractivity contribution in [1.29, 1.82) is 0 Å². The number of amides is 1. The summed E-state index contributed by atoms with van der Waals surface area (Å²) in [5.74, 6) is -0.849. The van der Waals surface area contributed by atoms with Gasteiger partial charge < -0.3 is 15.8 Å². The van der Waals surface area contributed by atoms with Gasteiger partial charge in [0.1, 0.15) is 9.71 Å². The summed E-state index contributed by atoms with van der Waals surface area (Å²) in [5, 5.41) is 3.74. The van der Waals surface area contributed by atoms with Crippen molar-refractivity contribution < 1.29 is 14.3 Å². The van der Waals surface area contributed by atoms with Crippen LogP contribution in [0.1, 0.15) is 56.6 Å². The Morgan fingerprint density at radius 3 is 2.66 bits per heavy atom. The molecule has 0 saturated heterocycles. The lowest BCUT2D eigenvalue weighted by Gasteiger charge is -2.19. The maximum Gasteiger partial charge on any atom is 0.339 e. The number of para-hydroxylation sites is 1. The Hall–Kier alpha value is -2.93. The normalized spacial score (nSPS) is 13.2. The van der Waals surface area contributed by atoms with E-state index in [1.165, 1.54) is 29.6 Å². The molecule has 0 spiro atoms. The fourth-order valence-electron chi connectivity index (χ4n) is 4.01. The topological polar surface area (TPSA) is 94.3 Å². The van der Waals surface area contributed by atoms with Gasteiger partial charge in [0.05, 0.1) is 24.0 Å². The Morgan fingerprint density at radius 2 is 1.93 bits per heavy atom. The third-order valence-corrected chi connectivity index (χ3v) is 6.50. The number of nitrogen functional groups attached to an aromatic ring is 1. The second-order valence-electron chi connectivity index (χ2n) is 7.09. The minimum atomic E-state index is -0.506. The Balaban J connectivity index is 1.77. The number of benzene rings is 1. The molecule has 3 aromatic rings. The van der Waals surface area contributed by atoms with Crippen LogP contribution in [-0.2, 0) is 24.0 Å². The fraction of sp³-hybridized carbons (Fsp3) is 0.318. The van der Waals surface area contributed by atoms with Crippen LogP contribution in [0.4, 0.5) is 11.4 Å². The highest BCUT2D eigenvalue weighted by Gasteiger charge is 2.25. The summed E-state index contributed by atoms with van der Waals surface area (Å²) >= 11 is 1.31. The molecular weight excluding hydrogens is 386 g/mol. The molecule has 1 amide bonds. The summed E-state index contributed by atoms with van der Waals surface area (Å²) in [6.07, 6.45) is 5.14. The minimum absolute atomic E-state index is 0.298. The Morgan fingerprint density at radius 1 is 1.21 bits per heavy atom. The Labute approximate surface area is 173 Å². The summed E-state index contributed by atoms with van der Waals surface area (Å²) in [6.45, 7) is 2.11. The maximum absolute atomic E-state index is 13.0. The van der Waals surface area contributed by atoms with Crippen molar-refractivity contribution >= 4 is 44.8 Å². The number of nitrogens with two attached hydrogens (primary N) is 1. The van der Waals surface area contributed by atoms with Crippen LogP contribution in [0.3, 0.4) is 0 Å². The highest BCUT2D eigenvalue weighted by molar-refractivity contribution is 7.21. The van der Waals surface area contributed by atoms with Crippen LogP contribution in [0.15, 0.2) is 24.3 Å². The smallest absolute Gasteiger partial charge is 0.339 e. The van der Waals surface area contributed by atoms with Crippen LogP contribution in [0, 0.1) is 0 Å². The van der Waals surface area contributed by atoms with Gasteiger partial charge in [-0.15, -0.1) is 11.3 Å². The van der Waals surface area contributed by atoms with Crippen LogP contribution < -0.4 is 11.1 Å². The molecule has 1 aliphatic rings. The molecule has 6 nitrogen and oxygen atoms in total. The van der Waals surface area contributed by atoms with Gasteiger partial charge in [-0.2, -0.15) is 0 Å². The first-order valence-corrected chi connectivity index (χ1v) is 10.6. The third-order valence-electron chi connectivity index (χ3n) is 5.40. The van der Waals surface area contributed by atoms with Gasteiger partial charge in [-0.3, -0.25) is 4.79 Å². The highest BCUT2D eigenvalue weighted by Crippen LogP contribution is 2.40. The van der Waals surface area contributed by atoms with Crippen molar-refractivity contribution in [3.05, 3.63) is 51.5 Å². The first-order chi connectivity index (χ1) is 14.0. The van der Waals surface area contributed by atoms with Crippen molar-refractivity contribution in [1.82, 2.24) is 4.98 Å². The van der Waals surface area contributed by atoms with Crippen LogP contribution in [0.5, 0.6) is 0 Å². The molecule has 1 aromatic carbocycles. The second-order valence-corrected chi connectivity index (χ2v) is 8.09. The molecule has 0 radical (unpaired) electrons. The lowest BCUT2D eigenvalue weighted by molar-refractivity contribution is 0.0602. The summed E-state index contributed by atoms with van der Waals surface area (Å²) in [6, 6.07) is 6.75. The molecule has 0 fully saturated rings. The van der Waals surface area contributed by atoms with E-state index in [0.29, 0.717) is 21.8 Å². The van der Waals surface area contributed by atoms with E-state index in [2.05, 4.69) is 12.2 Å². The zero-order valence-electron chi connectivity index (χ0n) is 16.5. The van der Waals surface area contributed by atoms with Gasteiger partial charge >= 0.3 is 5.97 Å². The monoisotopic (exact) mass is 409 g/mol. The van der Waals surface area contributed by atoms with E-state index >= 15 is 0 Å². The van der Waals surface area contributed by atoms with Crippen LogP contribution in [0.25, 0.3) is 10.2 Å². The van der Waals surface area contributed by atoms with Gasteiger partial charge in [0.2, 0.25) is 0 Å². The van der Waals surface area contributed by atoms with Crippen molar-refractivity contribution in [2.75, 3.05) is 18.2 Å². The number of aryl methyl sites for hydroxylation is 2. The quantitative estimate of drug-likeness (QED) is 0.625. The van der Waals surface area contributed by atoms with Crippen LogP contribution in [0.2, 0.25) is 0 Å². The van der Waals surface area contributed by atoms with Gasteiger partial charge in [-0.05, 0) is 55.4 Å². The van der Waals surface area contributed by atoms with Crippen LogP contribution >= 0.6 is 11.3 Å². The first kappa shape index (κ1) is 19.4. The van der Waals surface area contributed by atoms with Crippen molar-refractivity contribution in [2.24, 2.45) is 0 Å². The third kappa shape index (κ3) is 3.35. The Bertz CT molecular complexity index is 1120. The molecular formula is C22H23N3O3S. The van der Waals surface area contributed by atoms with Crippen molar-refractivity contribution in [2.45, 2.75) is 39.0 Å². The number of carbonyl (C=O) groups excluding carboxylic acids is 2. The molecule has 0 aliphatic heterocycles. The van der Waals surface area contributed by atoms with E-state index in [4.69, 9.17) is 15.5 Å². The number of aromatic nitrogens is 1. The second kappa shape index (κ2) is 7.83. The van der Waals surface area contributed by atoms with E-state index < -0.39 is 5.97 Å². The average molecular weight is 410 g/mol. The minimum Gasteiger partial charge on any atom is -0.465 e. The van der Waals surface area contributed by atoms with E-state index in [0.717, 1.165) is 48.0 Å². The molecule has 2 heterocycles. The van der Waals surface area contributed by atoms with E-state index in [1.807, 2.05) is 0 Å². The number of carbonyl (C=O) groups is 2. The van der Waals surface area contributed by atoms with Gasteiger partial charge in [-0.1, -0.05) is 19.1 Å². The lowest BCUT2D eigenvalue weighted by Crippen LogP contribution is -2.15. The summed E-state index contributed by atoms with van der Waals surface area (Å²) < 4.78 is 4.80. The molecule has 0 unspecified atom stereocenters. The van der Waals surface area contributed by atoms with Gasteiger partial charge in [0.15, 0.2) is 0 Å². The first-order valence-electron chi connectivity index (χ1n) is 9.76. The number of nitrogens with one attached hydrogen (secondary N) is 1. The molecule has 2 aromatic heterocycles. The largest absolute Gasteiger partial charge is 0.465 e. The standard InChI is InChI=1S/C22H23N3O3S/c1-3-15-12-8-4-5-9-13(12)17-18(23)19(29-21(17)25-15)20(26)24-16-11-7-6-10-14(16)22(27)28-2/h6-7,10-11H,3-5,8-9,23H2,1-2H3,(H,24,26). The molecule has 29 heavy (non-hydrogen) atoms. The fourth-order valence-corrected chi connectivity index (χ4v) is 5.05. The zero-order chi connectivity index (χ0) is 20.5. The van der Waals surface area contributed by atoms with Gasteiger partial charge in [0, 0.05) is 11.1 Å². The maximum atomic E-state index is 13.0. The molecule has 1 aliphatic carbocycles. The van der Waals surface area contributed by atoms with E-state index in [-0.39, 0.29) is 5.91 Å². The van der Waals surface area contributed by atoms with Crippen molar-refractivity contribution in [3.63, 3.8) is 0 Å². The number of esters is 1. The van der Waals surface area contributed by atoms with E-state index in [9.17, 15) is 9.59 Å². The number of hydrogen-bond donors (Lipinski definition) is 2.